The van der Waals surface area contributed by atoms with Gasteiger partial charge in [-0.25, -0.2) is 0 Å². The van der Waals surface area contributed by atoms with Crippen LogP contribution in [0.1, 0.15) is 101 Å². The molecule has 10 aromatic carbocycles. The first-order chi connectivity index (χ1) is 58.6. The first kappa shape index (κ1) is 96.6. The van der Waals surface area contributed by atoms with E-state index >= 15 is 0 Å². The second-order valence-electron chi connectivity index (χ2n) is 35.6. The molecule has 124 heavy (non-hydrogen) atoms. The minimum absolute atomic E-state index is 0.0186. The van der Waals surface area contributed by atoms with Gasteiger partial charge in [0.25, 0.3) is 0 Å². The van der Waals surface area contributed by atoms with E-state index in [0.29, 0.717) is 11.1 Å². The van der Waals surface area contributed by atoms with Crippen LogP contribution in [0.15, 0.2) is 292 Å². The SMILES string of the molecule is C=CCN(CC=C)c1ccc(Cc2ccc(N(CC=C)CC=C)cc2Br)c(Br)c1.C=CCN(CC=C)c1ccc2[c](c1)[Ge]([CH3])([CH3])[c]1cc(N(CC=C)CC=C)ccc1C2=O.Cc1ccc2[c](c1)[Ge]([CH3])([CH3])[c]1cc(O[Si](C)(C)C(C)(C)C)ccc1C2=O.[CH3][Ge]1([CH3])[c]2cc(N)ccc2C(=O)c2ccc(N)c[c]21.[CH3][Ge]1([CH3])[c]2cc(O)ccc2C(=O)c2ccc(O)c[c]21. The Bertz CT molecular complexity index is 5440. The Morgan fingerprint density at radius 1 is 0.355 bits per heavy atom. The van der Waals surface area contributed by atoms with Crippen LogP contribution in [-0.2, 0) is 6.42 Å². The number of aryl methyl sites for hydroxylation is 1. The van der Waals surface area contributed by atoms with Crippen molar-refractivity contribution in [2.24, 2.45) is 0 Å². The van der Waals surface area contributed by atoms with Gasteiger partial charge in [0.1, 0.15) is 0 Å². The maximum atomic E-state index is 13.4. The number of nitrogen functional groups attached to an aromatic ring is 2. The Hall–Kier alpha value is -9.65. The van der Waals surface area contributed by atoms with Gasteiger partial charge in [-0.05, 0) is 41.8 Å². The van der Waals surface area contributed by atoms with Crippen LogP contribution in [0.4, 0.5) is 34.1 Å². The summed E-state index contributed by atoms with van der Waals surface area (Å²) in [7, 11) is -1.90. The predicted molar refractivity (Wildman–Crippen MR) is 549 cm³/mol. The van der Waals surface area contributed by atoms with Crippen LogP contribution in [0.5, 0.6) is 17.2 Å². The van der Waals surface area contributed by atoms with Crippen LogP contribution < -0.4 is 70.7 Å². The third kappa shape index (κ3) is 20.9. The first-order valence-corrected chi connectivity index (χ1v) is 71.6. The molecular weight excluding hydrogens is 1920 g/mol. The molecular formula is C104H120Br2Ge4N6O7Si. The van der Waals surface area contributed by atoms with Crippen LogP contribution in [0.25, 0.3) is 0 Å². The van der Waals surface area contributed by atoms with Gasteiger partial charge in [-0.3, -0.25) is 0 Å². The Labute approximate surface area is 764 Å². The van der Waals surface area contributed by atoms with Gasteiger partial charge in [-0.1, -0.05) is 68.3 Å². The summed E-state index contributed by atoms with van der Waals surface area (Å²) in [5.41, 5.74) is 28.0. The molecule has 0 saturated heterocycles. The van der Waals surface area contributed by atoms with Crippen molar-refractivity contribution >= 4 is 186 Å². The number of halogens is 2. The van der Waals surface area contributed by atoms with Crippen molar-refractivity contribution < 1.29 is 33.8 Å². The Morgan fingerprint density at radius 2 is 0.605 bits per heavy atom. The van der Waals surface area contributed by atoms with Crippen molar-refractivity contribution in [3.63, 3.8) is 0 Å². The molecule has 0 aromatic heterocycles. The number of phenolic OH excluding ortho intramolecular Hbond substituents is 2. The molecule has 0 atom stereocenters. The van der Waals surface area contributed by atoms with Gasteiger partial charge in [-0.15, -0.1) is 26.3 Å². The Kier molecular flexibility index (Phi) is 31.4. The molecule has 642 valence electrons. The number of anilines is 6. The quantitative estimate of drug-likeness (QED) is 0.0255. The third-order valence-corrected chi connectivity index (χ3v) is 59.9. The first-order valence-electron chi connectivity index (χ1n) is 41.9. The standard InChI is InChI=1S/C27H32GeN2O.C25H28Br2N2.C22H30GeO2Si.C15H16GeN2O.C15H14GeO3/c1-7-15-29(16-8-2)21-11-13-23-25(19-21)28(5,6)26-20-22(12-14-24(26)27(23)31)30(17-9-3)18-10-4;1-5-13-28(14-6-2)22-11-9-20(24(26)18-22)17-21-10-12-23(19-25(21)27)29(15-7-3)16-8-4;1-15-9-11-17-19(13-15)23(5,6)20-14-16(10-12-18(20)21(17)24)25-26(7,8)22(2,3)4;2*1-16(2)13-7-9(17)3-5-11(13)15(19)12-6-4-10(18)8-14(12)16/h7-14,19-20H,1-4,15-18H2,5-6H3;5-12,18-19H,1-4,13-17H2;9-14H,1-8H3;3-8H,17-18H2,1-2H3;3-8,17-18H,1-2H3. The number of nitrogens with zero attached hydrogens (tertiary/aromatic N) is 4. The fraction of sp³-hybridized carbons (Fsp3) is 0.231. The van der Waals surface area contributed by atoms with Crippen LogP contribution in [0.3, 0.4) is 0 Å². The van der Waals surface area contributed by atoms with E-state index in [9.17, 15) is 29.4 Å². The van der Waals surface area contributed by atoms with Gasteiger partial charge in [0.15, 0.2) is 0 Å². The maximum absolute atomic E-state index is 13.4. The molecule has 0 fully saturated rings. The number of aromatic hydroxyl groups is 2. The predicted octanol–water partition coefficient (Wildman–Crippen LogP) is 19.0. The second-order valence-corrected chi connectivity index (χ2v) is 78.4. The van der Waals surface area contributed by atoms with Gasteiger partial charge < -0.3 is 9.80 Å². The molecule has 0 bridgehead atoms. The van der Waals surface area contributed by atoms with Gasteiger partial charge in [0, 0.05) is 46.5 Å². The van der Waals surface area contributed by atoms with E-state index < -0.39 is 61.4 Å². The van der Waals surface area contributed by atoms with E-state index in [1.165, 1.54) is 34.3 Å². The van der Waals surface area contributed by atoms with Gasteiger partial charge in [0.05, 0.1) is 0 Å². The number of carbonyl (C=O) groups is 4. The number of nitrogens with two attached hydrogens (primary N) is 2. The summed E-state index contributed by atoms with van der Waals surface area (Å²) in [5.74, 6) is 20.1. The normalized spacial score (nSPS) is 14.0. The van der Waals surface area contributed by atoms with Gasteiger partial charge in [0.2, 0.25) is 0 Å². The van der Waals surface area contributed by atoms with Gasteiger partial charge in [-0.2, -0.15) is 0 Å². The molecule has 0 amide bonds. The zero-order valence-electron chi connectivity index (χ0n) is 74.6. The van der Waals surface area contributed by atoms with E-state index in [-0.39, 0.29) is 39.7 Å². The van der Waals surface area contributed by atoms with Crippen molar-refractivity contribution in [2.45, 2.75) is 98.3 Å². The second kappa shape index (κ2) is 40.3. The van der Waals surface area contributed by atoms with E-state index in [2.05, 4.69) is 270 Å². The summed E-state index contributed by atoms with van der Waals surface area (Å²) in [6.45, 7) is 50.5. The van der Waals surface area contributed by atoms with E-state index in [0.717, 1.165) is 159 Å². The minimum atomic E-state index is -2.72. The summed E-state index contributed by atoms with van der Waals surface area (Å²) in [5, 5.41) is 19.5. The molecule has 0 spiro atoms. The van der Waals surface area contributed by atoms with E-state index in [1.807, 2.05) is 103 Å². The molecule has 0 aliphatic carbocycles. The number of hydrogen-bond acceptors (Lipinski definition) is 13. The number of phenols is 2. The third-order valence-electron chi connectivity index (χ3n) is 24.5. The molecule has 10 aromatic rings. The average Bonchev–Trinajstić information content (AvgIpc) is 0.735. The van der Waals surface area contributed by atoms with Crippen LogP contribution in [-0.4, -0.2) is 147 Å². The zero-order chi connectivity index (χ0) is 90.9. The summed E-state index contributed by atoms with van der Waals surface area (Å²) < 4.78 is 18.0. The van der Waals surface area contributed by atoms with Crippen LogP contribution >= 0.6 is 31.9 Å². The molecule has 4 heterocycles. The zero-order valence-corrected chi connectivity index (χ0v) is 87.2. The van der Waals surface area contributed by atoms with Crippen molar-refractivity contribution in [1.29, 1.82) is 0 Å². The summed E-state index contributed by atoms with van der Waals surface area (Å²) in [6, 6.07) is 59.3. The molecule has 4 aliphatic heterocycles. The molecule has 20 heteroatoms. The number of benzene rings is 10. The van der Waals surface area contributed by atoms with E-state index in [4.69, 9.17) is 15.9 Å². The fourth-order valence-corrected chi connectivity index (χ4v) is 44.4. The average molecular weight is 2040 g/mol. The summed E-state index contributed by atoms with van der Waals surface area (Å²) in [6.07, 6.45) is 16.1. The van der Waals surface area contributed by atoms with Crippen LogP contribution in [0, 0.1) is 6.92 Å². The molecule has 13 nitrogen and oxygen atoms in total. The van der Waals surface area contributed by atoms with Crippen molar-refractivity contribution in [3.8, 4) is 17.2 Å². The molecule has 0 radical (unpaired) electrons. The number of rotatable bonds is 24. The topological polar surface area (TPSA) is 183 Å². The molecule has 0 unspecified atom stereocenters. The summed E-state index contributed by atoms with van der Waals surface area (Å²) in [4.78, 5) is 60.4. The van der Waals surface area contributed by atoms with Crippen molar-refractivity contribution in [1.82, 2.24) is 0 Å². The number of hydrogen-bond donors (Lipinski definition) is 4. The molecule has 14 rings (SSSR count). The summed E-state index contributed by atoms with van der Waals surface area (Å²) >= 11 is -2.90. The number of carbonyl (C=O) groups excluding carboxylic acids is 4. The van der Waals surface area contributed by atoms with Gasteiger partial charge >= 0.3 is 579 Å². The Balaban J connectivity index is 0.000000164. The molecule has 6 N–H and O–H groups in total. The number of fused-ring (bicyclic) bond motifs is 8. The monoisotopic (exact) mass is 2050 g/mol. The fourth-order valence-electron chi connectivity index (χ4n) is 16.6. The number of ketones is 4. The van der Waals surface area contributed by atoms with Crippen molar-refractivity contribution in [2.75, 3.05) is 83.4 Å². The van der Waals surface area contributed by atoms with E-state index in [1.54, 1.807) is 48.5 Å². The molecule has 0 saturated carbocycles. The van der Waals surface area contributed by atoms with Crippen LogP contribution in [0.2, 0.25) is 64.2 Å². The molecule has 4 aliphatic rings. The Morgan fingerprint density at radius 3 is 0.911 bits per heavy atom. The van der Waals surface area contributed by atoms with Crippen molar-refractivity contribution in [3.05, 3.63) is 353 Å².